The number of ether oxygens (including phenoxy) is 1. The molecule has 1 saturated heterocycles. The Balaban J connectivity index is 1.42. The Morgan fingerprint density at radius 2 is 1.91 bits per heavy atom. The third-order valence-corrected chi connectivity index (χ3v) is 7.79. The highest BCUT2D eigenvalue weighted by Crippen LogP contribution is 2.21. The van der Waals surface area contributed by atoms with Crippen LogP contribution in [-0.2, 0) is 14.8 Å². The van der Waals surface area contributed by atoms with Crippen LogP contribution in [0.1, 0.15) is 27.9 Å². The average Bonchev–Trinajstić information content (AvgIpc) is 3.51. The fraction of sp³-hybridized carbons (Fsp3) is 0.286. The van der Waals surface area contributed by atoms with Crippen molar-refractivity contribution in [3.63, 3.8) is 0 Å². The molecule has 174 valence electrons. The van der Waals surface area contributed by atoms with E-state index in [1.54, 1.807) is 55.2 Å². The highest BCUT2D eigenvalue weighted by atomic mass is 32.2. The first-order chi connectivity index (χ1) is 15.9. The molecule has 0 atom stereocenters. The molecular weight excluding hydrogens is 466 g/mol. The number of hydrogen-bond donors (Lipinski definition) is 2. The Hall–Kier alpha value is -3.09. The molecule has 3 heterocycles. The Kier molecular flexibility index (Phi) is 6.86. The number of nitrogens with one attached hydrogen (secondary N) is 2. The zero-order chi connectivity index (χ0) is 23.4. The molecule has 1 amide bonds. The average molecular weight is 490 g/mol. The molecule has 4 rings (SSSR count). The van der Waals surface area contributed by atoms with E-state index in [1.165, 1.54) is 21.3 Å². The lowest BCUT2D eigenvalue weighted by molar-refractivity contribution is 0.0518. The molecule has 3 aromatic rings. The van der Waals surface area contributed by atoms with Crippen LogP contribution < -0.4 is 5.32 Å². The van der Waals surface area contributed by atoms with Crippen molar-refractivity contribution in [2.24, 2.45) is 0 Å². The van der Waals surface area contributed by atoms with Gasteiger partial charge < -0.3 is 15.0 Å². The largest absolute Gasteiger partial charge is 0.461 e. The highest BCUT2D eigenvalue weighted by Gasteiger charge is 2.27. The molecule has 12 heteroatoms. The maximum absolute atomic E-state index is 12.8. The van der Waals surface area contributed by atoms with Gasteiger partial charge in [-0.3, -0.25) is 4.79 Å². The van der Waals surface area contributed by atoms with Gasteiger partial charge in [0, 0.05) is 42.7 Å². The highest BCUT2D eigenvalue weighted by molar-refractivity contribution is 7.99. The topological polar surface area (TPSA) is 126 Å². The van der Waals surface area contributed by atoms with Gasteiger partial charge in [0.25, 0.3) is 5.91 Å². The zero-order valence-electron chi connectivity index (χ0n) is 17.9. The van der Waals surface area contributed by atoms with Gasteiger partial charge in [-0.15, -0.1) is 0 Å². The maximum atomic E-state index is 12.8. The Morgan fingerprint density at radius 3 is 2.61 bits per heavy atom. The molecule has 2 N–H and O–H groups in total. The molecule has 0 saturated carbocycles. The second-order valence-corrected chi connectivity index (χ2v) is 10.3. The summed E-state index contributed by atoms with van der Waals surface area (Å²) in [6, 6.07) is 9.75. The smallest absolute Gasteiger partial charge is 0.358 e. The number of carbonyl (C=O) groups is 2. The number of nitrogens with zero attached hydrogens (tertiary/aromatic N) is 3. The monoisotopic (exact) mass is 489 g/mol. The molecule has 1 fully saturated rings. The van der Waals surface area contributed by atoms with Gasteiger partial charge in [0.15, 0.2) is 5.69 Å². The number of amides is 1. The predicted molar refractivity (Wildman–Crippen MR) is 124 cm³/mol. The van der Waals surface area contributed by atoms with Crippen LogP contribution in [0.4, 0.5) is 5.69 Å². The lowest BCUT2D eigenvalue weighted by Crippen LogP contribution is -2.37. The molecule has 0 aliphatic carbocycles. The van der Waals surface area contributed by atoms with Crippen LogP contribution in [0.3, 0.4) is 0 Å². The SMILES string of the molecule is CCOC(=O)c1ccn(-c2ccc(NC(=O)c3cc(S(=O)(=O)N4CCSCC4)c[nH]3)cc2)n1. The normalized spacial score (nSPS) is 14.7. The second-order valence-electron chi connectivity index (χ2n) is 7.13. The number of thioether (sulfide) groups is 1. The molecule has 2 aromatic heterocycles. The number of anilines is 1. The lowest BCUT2D eigenvalue weighted by atomic mass is 10.2. The minimum Gasteiger partial charge on any atom is -0.461 e. The quantitative estimate of drug-likeness (QED) is 0.488. The summed E-state index contributed by atoms with van der Waals surface area (Å²) in [4.78, 5) is 27.2. The fourth-order valence-electron chi connectivity index (χ4n) is 3.27. The van der Waals surface area contributed by atoms with Crippen molar-refractivity contribution < 1.29 is 22.7 Å². The van der Waals surface area contributed by atoms with Crippen molar-refractivity contribution in [2.75, 3.05) is 36.5 Å². The lowest BCUT2D eigenvalue weighted by Gasteiger charge is -2.24. The summed E-state index contributed by atoms with van der Waals surface area (Å²) in [7, 11) is -3.63. The van der Waals surface area contributed by atoms with Crippen molar-refractivity contribution in [2.45, 2.75) is 11.8 Å². The molecule has 0 radical (unpaired) electrons. The molecule has 1 aromatic carbocycles. The Morgan fingerprint density at radius 1 is 1.18 bits per heavy atom. The van der Waals surface area contributed by atoms with Crippen molar-refractivity contribution >= 4 is 39.3 Å². The van der Waals surface area contributed by atoms with Gasteiger partial charge in [-0.05, 0) is 43.3 Å². The summed E-state index contributed by atoms with van der Waals surface area (Å²) < 4.78 is 33.4. The van der Waals surface area contributed by atoms with E-state index >= 15 is 0 Å². The maximum Gasteiger partial charge on any atom is 0.358 e. The molecule has 1 aliphatic rings. The van der Waals surface area contributed by atoms with Crippen LogP contribution in [0.15, 0.2) is 53.7 Å². The van der Waals surface area contributed by atoms with E-state index in [9.17, 15) is 18.0 Å². The number of H-pyrrole nitrogens is 1. The minimum atomic E-state index is -3.63. The summed E-state index contributed by atoms with van der Waals surface area (Å²) in [6.07, 6.45) is 2.98. The second kappa shape index (κ2) is 9.81. The number of benzene rings is 1. The number of hydrogen-bond acceptors (Lipinski definition) is 7. The van der Waals surface area contributed by atoms with Gasteiger partial charge in [-0.1, -0.05) is 0 Å². The van der Waals surface area contributed by atoms with E-state index in [-0.39, 0.29) is 22.9 Å². The van der Waals surface area contributed by atoms with Gasteiger partial charge in [0.05, 0.1) is 12.3 Å². The van der Waals surface area contributed by atoms with Crippen molar-refractivity contribution in [1.82, 2.24) is 19.1 Å². The van der Waals surface area contributed by atoms with E-state index < -0.39 is 21.9 Å². The molecule has 0 spiro atoms. The van der Waals surface area contributed by atoms with Crippen LogP contribution in [0.25, 0.3) is 5.69 Å². The first kappa shape index (κ1) is 23.1. The summed E-state index contributed by atoms with van der Waals surface area (Å²) in [5.41, 5.74) is 1.57. The number of carbonyl (C=O) groups excluding carboxylic acids is 2. The number of sulfonamides is 1. The van der Waals surface area contributed by atoms with E-state index in [2.05, 4.69) is 15.4 Å². The van der Waals surface area contributed by atoms with Gasteiger partial charge in [-0.2, -0.15) is 21.2 Å². The van der Waals surface area contributed by atoms with Crippen LogP contribution in [0, 0.1) is 0 Å². The van der Waals surface area contributed by atoms with Gasteiger partial charge >= 0.3 is 5.97 Å². The molecule has 0 unspecified atom stereocenters. The van der Waals surface area contributed by atoms with E-state index in [0.29, 0.717) is 24.5 Å². The van der Waals surface area contributed by atoms with Gasteiger partial charge in [0.2, 0.25) is 10.0 Å². The van der Waals surface area contributed by atoms with Crippen LogP contribution in [0.2, 0.25) is 0 Å². The summed E-state index contributed by atoms with van der Waals surface area (Å²) in [6.45, 7) is 2.92. The molecule has 1 aliphatic heterocycles. The Labute approximate surface area is 195 Å². The first-order valence-corrected chi connectivity index (χ1v) is 12.9. The number of esters is 1. The van der Waals surface area contributed by atoms with Crippen LogP contribution in [0.5, 0.6) is 0 Å². The van der Waals surface area contributed by atoms with Gasteiger partial charge in [-0.25, -0.2) is 17.9 Å². The minimum absolute atomic E-state index is 0.0750. The summed E-state index contributed by atoms with van der Waals surface area (Å²) in [5.74, 6) is 0.569. The van der Waals surface area contributed by atoms with E-state index in [0.717, 1.165) is 11.5 Å². The van der Waals surface area contributed by atoms with Crippen LogP contribution in [-0.4, -0.2) is 70.6 Å². The fourth-order valence-corrected chi connectivity index (χ4v) is 5.84. The number of aromatic amines is 1. The van der Waals surface area contributed by atoms with Crippen molar-refractivity contribution in [3.8, 4) is 5.69 Å². The molecule has 10 nitrogen and oxygen atoms in total. The number of rotatable bonds is 7. The molecular formula is C21H23N5O5S2. The van der Waals surface area contributed by atoms with Crippen molar-refractivity contribution in [1.29, 1.82) is 0 Å². The van der Waals surface area contributed by atoms with Crippen molar-refractivity contribution in [3.05, 3.63) is 60.2 Å². The first-order valence-electron chi connectivity index (χ1n) is 10.3. The standard InChI is InChI=1S/C21H23N5O5S2/c1-2-31-21(28)18-7-8-26(24-18)16-5-3-15(4-6-16)23-20(27)19-13-17(14-22-19)33(29,30)25-9-11-32-12-10-25/h3-8,13-14,22H,2,9-12H2,1H3,(H,23,27). The van der Waals surface area contributed by atoms with Crippen LogP contribution >= 0.6 is 11.8 Å². The van der Waals surface area contributed by atoms with E-state index in [1.807, 2.05) is 0 Å². The summed E-state index contributed by atoms with van der Waals surface area (Å²) in [5, 5.41) is 6.92. The predicted octanol–water partition coefficient (Wildman–Crippen LogP) is 2.37. The number of aromatic nitrogens is 3. The van der Waals surface area contributed by atoms with Gasteiger partial charge in [0.1, 0.15) is 10.6 Å². The third kappa shape index (κ3) is 5.13. The molecule has 33 heavy (non-hydrogen) atoms. The Bertz CT molecular complexity index is 1240. The molecule has 0 bridgehead atoms. The zero-order valence-corrected chi connectivity index (χ0v) is 19.5. The third-order valence-electron chi connectivity index (χ3n) is 4.97. The summed E-state index contributed by atoms with van der Waals surface area (Å²) >= 11 is 1.72. The van der Waals surface area contributed by atoms with E-state index in [4.69, 9.17) is 4.74 Å².